The van der Waals surface area contributed by atoms with Crippen molar-refractivity contribution in [1.29, 1.82) is 0 Å². The van der Waals surface area contributed by atoms with E-state index >= 15 is 0 Å². The van der Waals surface area contributed by atoms with E-state index in [1.54, 1.807) is 31.2 Å². The topological polar surface area (TPSA) is 64.6 Å². The van der Waals surface area contributed by atoms with Crippen molar-refractivity contribution in [2.24, 2.45) is 5.92 Å². The lowest BCUT2D eigenvalue weighted by Crippen LogP contribution is -2.31. The third-order valence-corrected chi connectivity index (χ3v) is 3.31. The van der Waals surface area contributed by atoms with E-state index in [0.29, 0.717) is 24.5 Å². The van der Waals surface area contributed by atoms with Crippen LogP contribution < -0.4 is 5.32 Å². The van der Waals surface area contributed by atoms with Crippen LogP contribution in [0.15, 0.2) is 24.3 Å². The van der Waals surface area contributed by atoms with E-state index in [9.17, 15) is 9.59 Å². The summed E-state index contributed by atoms with van der Waals surface area (Å²) in [5.74, 6) is -0.272. The van der Waals surface area contributed by atoms with E-state index in [-0.39, 0.29) is 23.9 Å². The summed E-state index contributed by atoms with van der Waals surface area (Å²) in [4.78, 5) is 23.5. The standard InChI is InChI=1S/C15H19NO4/c1-3-19-15(18)11-4-6-12(7-5-11)16-14(17)13-10(2)8-9-20-13/h4-7,10,13H,3,8-9H2,1-2H3,(H,16,17). The van der Waals surface area contributed by atoms with Gasteiger partial charge in [0.15, 0.2) is 0 Å². The Balaban J connectivity index is 1.96. The third kappa shape index (κ3) is 3.36. The number of nitrogens with one attached hydrogen (secondary N) is 1. The lowest BCUT2D eigenvalue weighted by Gasteiger charge is -2.14. The molecule has 0 spiro atoms. The predicted molar refractivity (Wildman–Crippen MR) is 74.5 cm³/mol. The summed E-state index contributed by atoms with van der Waals surface area (Å²) in [6.07, 6.45) is 0.514. The number of esters is 1. The van der Waals surface area contributed by atoms with Crippen LogP contribution in [-0.4, -0.2) is 31.2 Å². The first-order valence-corrected chi connectivity index (χ1v) is 6.81. The monoisotopic (exact) mass is 277 g/mol. The highest BCUT2D eigenvalue weighted by atomic mass is 16.5. The number of rotatable bonds is 4. The molecule has 1 amide bonds. The predicted octanol–water partition coefficient (Wildman–Crippen LogP) is 2.23. The molecule has 1 fully saturated rings. The smallest absolute Gasteiger partial charge is 0.338 e. The van der Waals surface area contributed by atoms with E-state index in [1.165, 1.54) is 0 Å². The van der Waals surface area contributed by atoms with Crippen molar-refractivity contribution in [2.75, 3.05) is 18.5 Å². The van der Waals surface area contributed by atoms with Crippen LogP contribution in [0.3, 0.4) is 0 Å². The Kier molecular flexibility index (Phi) is 4.74. The SMILES string of the molecule is CCOC(=O)c1ccc(NC(=O)C2OCCC2C)cc1. The Hall–Kier alpha value is -1.88. The third-order valence-electron chi connectivity index (χ3n) is 3.31. The molecule has 1 aromatic carbocycles. The second-order valence-corrected chi connectivity index (χ2v) is 4.84. The number of benzene rings is 1. The van der Waals surface area contributed by atoms with E-state index in [1.807, 2.05) is 6.92 Å². The molecule has 2 unspecified atom stereocenters. The van der Waals surface area contributed by atoms with Crippen LogP contribution in [0.25, 0.3) is 0 Å². The average molecular weight is 277 g/mol. The van der Waals surface area contributed by atoms with Crippen LogP contribution >= 0.6 is 0 Å². The van der Waals surface area contributed by atoms with E-state index in [2.05, 4.69) is 5.32 Å². The molecule has 1 aromatic rings. The zero-order valence-corrected chi connectivity index (χ0v) is 11.7. The molecule has 5 heteroatoms. The molecule has 5 nitrogen and oxygen atoms in total. The van der Waals surface area contributed by atoms with Gasteiger partial charge in [-0.15, -0.1) is 0 Å². The summed E-state index contributed by atoms with van der Waals surface area (Å²) in [6, 6.07) is 6.63. The van der Waals surface area contributed by atoms with Crippen molar-refractivity contribution in [1.82, 2.24) is 0 Å². The zero-order chi connectivity index (χ0) is 14.5. The molecule has 2 atom stereocenters. The Bertz CT molecular complexity index is 483. The molecule has 0 radical (unpaired) electrons. The van der Waals surface area contributed by atoms with Gasteiger partial charge in [-0.3, -0.25) is 4.79 Å². The van der Waals surface area contributed by atoms with Crippen LogP contribution in [-0.2, 0) is 14.3 Å². The molecule has 1 heterocycles. The van der Waals surface area contributed by atoms with Gasteiger partial charge in [0.2, 0.25) is 0 Å². The number of hydrogen-bond acceptors (Lipinski definition) is 4. The second kappa shape index (κ2) is 6.52. The molecular weight excluding hydrogens is 258 g/mol. The first-order valence-electron chi connectivity index (χ1n) is 6.81. The summed E-state index contributed by atoms with van der Waals surface area (Å²) in [7, 11) is 0. The number of carbonyl (C=O) groups excluding carboxylic acids is 2. The summed E-state index contributed by atoms with van der Waals surface area (Å²) in [5.41, 5.74) is 1.11. The second-order valence-electron chi connectivity index (χ2n) is 4.84. The summed E-state index contributed by atoms with van der Waals surface area (Å²) in [5, 5.41) is 2.80. The summed E-state index contributed by atoms with van der Waals surface area (Å²) < 4.78 is 10.3. The zero-order valence-electron chi connectivity index (χ0n) is 11.7. The molecule has 0 saturated carbocycles. The molecular formula is C15H19NO4. The Morgan fingerprint density at radius 1 is 1.35 bits per heavy atom. The Morgan fingerprint density at radius 3 is 2.60 bits per heavy atom. The van der Waals surface area contributed by atoms with Crippen LogP contribution in [0.2, 0.25) is 0 Å². The molecule has 1 aliphatic rings. The number of carbonyl (C=O) groups is 2. The summed E-state index contributed by atoms with van der Waals surface area (Å²) >= 11 is 0. The van der Waals surface area contributed by atoms with Crippen LogP contribution in [0, 0.1) is 5.92 Å². The van der Waals surface area contributed by atoms with E-state index < -0.39 is 0 Å². The number of anilines is 1. The van der Waals surface area contributed by atoms with Crippen molar-refractivity contribution < 1.29 is 19.1 Å². The van der Waals surface area contributed by atoms with Crippen LogP contribution in [0.1, 0.15) is 30.6 Å². The van der Waals surface area contributed by atoms with Crippen molar-refractivity contribution in [3.05, 3.63) is 29.8 Å². The highest BCUT2D eigenvalue weighted by Crippen LogP contribution is 2.21. The van der Waals surface area contributed by atoms with Crippen molar-refractivity contribution in [3.63, 3.8) is 0 Å². The summed E-state index contributed by atoms with van der Waals surface area (Å²) in [6.45, 7) is 4.73. The number of hydrogen-bond donors (Lipinski definition) is 1. The molecule has 20 heavy (non-hydrogen) atoms. The number of amides is 1. The average Bonchev–Trinajstić information content (AvgIpc) is 2.86. The van der Waals surface area contributed by atoms with Crippen molar-refractivity contribution >= 4 is 17.6 Å². The highest BCUT2D eigenvalue weighted by Gasteiger charge is 2.30. The fraction of sp³-hybridized carbons (Fsp3) is 0.467. The first kappa shape index (κ1) is 14.5. The maximum atomic E-state index is 12.0. The van der Waals surface area contributed by atoms with Gasteiger partial charge in [-0.05, 0) is 43.5 Å². The quantitative estimate of drug-likeness (QED) is 0.857. The Labute approximate surface area is 118 Å². The lowest BCUT2D eigenvalue weighted by molar-refractivity contribution is -0.126. The van der Waals surface area contributed by atoms with Crippen LogP contribution in [0.5, 0.6) is 0 Å². The van der Waals surface area contributed by atoms with Gasteiger partial charge in [-0.2, -0.15) is 0 Å². The maximum Gasteiger partial charge on any atom is 0.338 e. The molecule has 1 saturated heterocycles. The molecule has 0 bridgehead atoms. The molecule has 108 valence electrons. The van der Waals surface area contributed by atoms with Gasteiger partial charge >= 0.3 is 5.97 Å². The Morgan fingerprint density at radius 2 is 2.05 bits per heavy atom. The van der Waals surface area contributed by atoms with Crippen molar-refractivity contribution in [3.8, 4) is 0 Å². The molecule has 0 aliphatic carbocycles. The minimum atomic E-state index is -0.389. The normalized spacial score (nSPS) is 21.5. The van der Waals surface area contributed by atoms with Gasteiger partial charge < -0.3 is 14.8 Å². The van der Waals surface area contributed by atoms with Crippen molar-refractivity contribution in [2.45, 2.75) is 26.4 Å². The fourth-order valence-electron chi connectivity index (χ4n) is 2.15. The van der Waals surface area contributed by atoms with Gasteiger partial charge in [0.05, 0.1) is 12.2 Å². The van der Waals surface area contributed by atoms with Crippen LogP contribution in [0.4, 0.5) is 5.69 Å². The van der Waals surface area contributed by atoms with Gasteiger partial charge in [-0.25, -0.2) is 4.79 Å². The minimum absolute atomic E-state index is 0.140. The molecule has 0 aromatic heterocycles. The largest absolute Gasteiger partial charge is 0.462 e. The maximum absolute atomic E-state index is 12.0. The first-order chi connectivity index (χ1) is 9.61. The van der Waals surface area contributed by atoms with Gasteiger partial charge in [-0.1, -0.05) is 6.92 Å². The van der Waals surface area contributed by atoms with E-state index in [4.69, 9.17) is 9.47 Å². The minimum Gasteiger partial charge on any atom is -0.462 e. The lowest BCUT2D eigenvalue weighted by atomic mass is 10.0. The van der Waals surface area contributed by atoms with Gasteiger partial charge in [0.25, 0.3) is 5.91 Å². The molecule has 1 aliphatic heterocycles. The molecule has 1 N–H and O–H groups in total. The van der Waals surface area contributed by atoms with Gasteiger partial charge in [0.1, 0.15) is 6.10 Å². The van der Waals surface area contributed by atoms with Gasteiger partial charge in [0, 0.05) is 12.3 Å². The number of ether oxygens (including phenoxy) is 2. The highest BCUT2D eigenvalue weighted by molar-refractivity contribution is 5.95. The van der Waals surface area contributed by atoms with E-state index in [0.717, 1.165) is 6.42 Å². The molecule has 2 rings (SSSR count). The fourth-order valence-corrected chi connectivity index (χ4v) is 2.15.